The van der Waals surface area contributed by atoms with Crippen LogP contribution in [0.2, 0.25) is 0 Å². The SMILES string of the molecule is O=C1/C(=C/C=C/C2=C([O-])c3ccc4ccccc4c3S2(=O)=O)S(=O)(=O)c2c1ccc1ccccc21. The predicted molar refractivity (Wildman–Crippen MR) is 131 cm³/mol. The molecule has 0 unspecified atom stereocenters. The van der Waals surface area contributed by atoms with E-state index in [9.17, 15) is 26.7 Å². The van der Waals surface area contributed by atoms with Gasteiger partial charge in [-0.05, 0) is 34.6 Å². The number of carbonyl (C=O) groups excluding carboxylic acids is 1. The maximum atomic E-state index is 13.2. The lowest BCUT2D eigenvalue weighted by Crippen LogP contribution is -2.03. The largest absolute Gasteiger partial charge is 0.871 e. The fourth-order valence-corrected chi connectivity index (χ4v) is 8.22. The van der Waals surface area contributed by atoms with E-state index in [2.05, 4.69) is 0 Å². The van der Waals surface area contributed by atoms with Gasteiger partial charge in [-0.15, -0.1) is 0 Å². The molecular weight excluding hydrogens is 484 g/mol. The molecule has 0 aromatic heterocycles. The van der Waals surface area contributed by atoms with E-state index in [1.807, 2.05) is 0 Å². The van der Waals surface area contributed by atoms with Crippen molar-refractivity contribution in [2.45, 2.75) is 9.79 Å². The van der Waals surface area contributed by atoms with E-state index >= 15 is 0 Å². The normalized spacial score (nSPS) is 19.2. The predicted octanol–water partition coefficient (Wildman–Crippen LogP) is 3.92. The van der Waals surface area contributed by atoms with Crippen molar-refractivity contribution in [2.24, 2.45) is 0 Å². The summed E-state index contributed by atoms with van der Waals surface area (Å²) in [6.45, 7) is 0. The van der Waals surface area contributed by atoms with Crippen molar-refractivity contribution in [3.8, 4) is 0 Å². The summed E-state index contributed by atoms with van der Waals surface area (Å²) < 4.78 is 52.9. The third kappa shape index (κ3) is 2.90. The molecule has 4 aromatic rings. The molecule has 6 rings (SSSR count). The van der Waals surface area contributed by atoms with Gasteiger partial charge in [0.05, 0.1) is 14.7 Å². The molecular formula is C27H15O6S2-. The highest BCUT2D eigenvalue weighted by molar-refractivity contribution is 7.97. The van der Waals surface area contributed by atoms with Crippen molar-refractivity contribution in [1.29, 1.82) is 0 Å². The number of benzene rings is 4. The second-order valence-corrected chi connectivity index (χ2v) is 12.0. The van der Waals surface area contributed by atoms with Gasteiger partial charge in [0.15, 0.2) is 0 Å². The van der Waals surface area contributed by atoms with Crippen LogP contribution in [0.4, 0.5) is 0 Å². The Morgan fingerprint density at radius 3 is 1.83 bits per heavy atom. The van der Waals surface area contributed by atoms with Crippen LogP contribution in [-0.4, -0.2) is 22.6 Å². The molecule has 0 aliphatic carbocycles. The zero-order valence-electron chi connectivity index (χ0n) is 17.9. The zero-order chi connectivity index (χ0) is 24.5. The molecule has 0 saturated heterocycles. The molecule has 0 bridgehead atoms. The van der Waals surface area contributed by atoms with Gasteiger partial charge in [-0.2, -0.15) is 0 Å². The minimum Gasteiger partial charge on any atom is -0.871 e. The summed E-state index contributed by atoms with van der Waals surface area (Å²) in [5.41, 5.74) is 0.138. The lowest BCUT2D eigenvalue weighted by Gasteiger charge is -2.09. The average Bonchev–Trinajstić information content (AvgIpc) is 3.17. The van der Waals surface area contributed by atoms with Gasteiger partial charge in [0.25, 0.3) is 0 Å². The van der Waals surface area contributed by atoms with Gasteiger partial charge < -0.3 is 5.11 Å². The number of rotatable bonds is 2. The highest BCUT2D eigenvalue weighted by Crippen LogP contribution is 2.42. The van der Waals surface area contributed by atoms with Crippen molar-refractivity contribution in [3.63, 3.8) is 0 Å². The number of hydrogen-bond acceptors (Lipinski definition) is 6. The number of carbonyl (C=O) groups is 1. The Morgan fingerprint density at radius 2 is 1.20 bits per heavy atom. The molecule has 0 spiro atoms. The van der Waals surface area contributed by atoms with E-state index in [1.165, 1.54) is 12.1 Å². The second kappa shape index (κ2) is 7.24. The Balaban J connectivity index is 1.45. The summed E-state index contributed by atoms with van der Waals surface area (Å²) >= 11 is 0. The van der Waals surface area contributed by atoms with Crippen LogP contribution in [0, 0.1) is 0 Å². The molecule has 2 aliphatic rings. The monoisotopic (exact) mass is 499 g/mol. The summed E-state index contributed by atoms with van der Waals surface area (Å²) in [6.07, 6.45) is 3.25. The highest BCUT2D eigenvalue weighted by atomic mass is 32.2. The van der Waals surface area contributed by atoms with Gasteiger partial charge >= 0.3 is 0 Å². The quantitative estimate of drug-likeness (QED) is 0.387. The Hall–Kier alpha value is -4.01. The van der Waals surface area contributed by atoms with Gasteiger partial charge in [0.1, 0.15) is 4.91 Å². The first-order valence-electron chi connectivity index (χ1n) is 10.6. The first kappa shape index (κ1) is 21.5. The highest BCUT2D eigenvalue weighted by Gasteiger charge is 2.40. The van der Waals surface area contributed by atoms with Gasteiger partial charge in [-0.25, -0.2) is 16.8 Å². The Kier molecular flexibility index (Phi) is 4.45. The van der Waals surface area contributed by atoms with E-state index in [1.54, 1.807) is 60.7 Å². The van der Waals surface area contributed by atoms with Gasteiger partial charge in [-0.1, -0.05) is 78.6 Å². The van der Waals surface area contributed by atoms with E-state index in [-0.39, 0.29) is 20.9 Å². The molecule has 0 saturated carbocycles. The number of Topliss-reactive ketones (excluding diaryl/α,β-unsaturated/α-hetero) is 1. The summed E-state index contributed by atoms with van der Waals surface area (Å²) in [5, 5.41) is 15.2. The first-order chi connectivity index (χ1) is 16.7. The van der Waals surface area contributed by atoms with E-state index in [0.29, 0.717) is 21.5 Å². The Labute approximate surface area is 201 Å². The molecule has 0 atom stereocenters. The van der Waals surface area contributed by atoms with Crippen LogP contribution in [0.15, 0.2) is 111 Å². The van der Waals surface area contributed by atoms with Crippen LogP contribution in [0.1, 0.15) is 15.9 Å². The average molecular weight is 500 g/mol. The summed E-state index contributed by atoms with van der Waals surface area (Å²) in [7, 11) is -8.25. The minimum absolute atomic E-state index is 0.0589. The van der Waals surface area contributed by atoms with E-state index in [0.717, 1.165) is 18.2 Å². The number of fused-ring (bicyclic) bond motifs is 6. The minimum atomic E-state index is -4.13. The fraction of sp³-hybridized carbons (Fsp3) is 0. The lowest BCUT2D eigenvalue weighted by molar-refractivity contribution is -0.244. The first-order valence-corrected chi connectivity index (χ1v) is 13.6. The topological polar surface area (TPSA) is 108 Å². The molecule has 2 aliphatic heterocycles. The molecule has 172 valence electrons. The smallest absolute Gasteiger partial charge is 0.211 e. The molecule has 8 heteroatoms. The van der Waals surface area contributed by atoms with Crippen LogP contribution in [0.3, 0.4) is 0 Å². The van der Waals surface area contributed by atoms with Crippen molar-refractivity contribution in [1.82, 2.24) is 0 Å². The number of allylic oxidation sites excluding steroid dienone is 4. The fourth-order valence-electron chi connectivity index (χ4n) is 4.71. The van der Waals surface area contributed by atoms with Gasteiger partial charge in [0, 0.05) is 16.3 Å². The molecule has 6 nitrogen and oxygen atoms in total. The summed E-state index contributed by atoms with van der Waals surface area (Å²) in [5.74, 6) is -1.34. The van der Waals surface area contributed by atoms with Crippen molar-refractivity contribution >= 4 is 52.8 Å². The third-order valence-electron chi connectivity index (χ3n) is 6.31. The van der Waals surface area contributed by atoms with Crippen LogP contribution < -0.4 is 5.11 Å². The lowest BCUT2D eigenvalue weighted by atomic mass is 10.0. The van der Waals surface area contributed by atoms with Crippen LogP contribution in [-0.2, 0) is 19.7 Å². The van der Waals surface area contributed by atoms with Crippen molar-refractivity contribution < 1.29 is 26.7 Å². The number of sulfone groups is 2. The molecule has 0 radical (unpaired) electrons. The third-order valence-corrected chi connectivity index (χ3v) is 10.1. The standard InChI is InChI=1S/C27H16O6S2/c28-24-20-14-12-16-6-1-3-8-18(16)26(20)34(30,31)22(24)10-5-11-23-25(29)21-15-13-17-7-2-4-9-19(17)27(21)35(23,32)33/h1-15,28H/p-1/b10-5+,23-11-. The number of ketones is 1. The zero-order valence-corrected chi connectivity index (χ0v) is 19.6. The number of hydrogen-bond donors (Lipinski definition) is 0. The van der Waals surface area contributed by atoms with Crippen LogP contribution >= 0.6 is 0 Å². The maximum Gasteiger partial charge on any atom is 0.211 e. The molecule has 0 fully saturated rings. The second-order valence-electron chi connectivity index (χ2n) is 8.25. The summed E-state index contributed by atoms with van der Waals surface area (Å²) in [4.78, 5) is 11.9. The molecule has 0 amide bonds. The van der Waals surface area contributed by atoms with Crippen molar-refractivity contribution in [2.75, 3.05) is 0 Å². The molecule has 2 heterocycles. The Morgan fingerprint density at radius 1 is 0.657 bits per heavy atom. The van der Waals surface area contributed by atoms with Crippen LogP contribution in [0.5, 0.6) is 0 Å². The van der Waals surface area contributed by atoms with Crippen molar-refractivity contribution in [3.05, 3.63) is 112 Å². The Bertz CT molecular complexity index is 1940. The molecule has 35 heavy (non-hydrogen) atoms. The maximum absolute atomic E-state index is 13.2. The molecule has 4 aromatic carbocycles. The van der Waals surface area contributed by atoms with Crippen LogP contribution in [0.25, 0.3) is 27.3 Å². The molecule has 0 N–H and O–H groups in total. The summed E-state index contributed by atoms with van der Waals surface area (Å²) in [6, 6.07) is 20.0. The van der Waals surface area contributed by atoms with Gasteiger partial charge in [-0.3, -0.25) is 4.79 Å². The van der Waals surface area contributed by atoms with E-state index in [4.69, 9.17) is 0 Å². The van der Waals surface area contributed by atoms with E-state index < -0.39 is 41.0 Å². The van der Waals surface area contributed by atoms with Gasteiger partial charge in [0.2, 0.25) is 25.5 Å².